The van der Waals surface area contributed by atoms with E-state index in [1.165, 1.54) is 31.4 Å². The molecule has 0 saturated carbocycles. The Kier molecular flexibility index (Phi) is 5.00. The minimum Gasteiger partial charge on any atom is -0.496 e. The molecule has 0 unspecified atom stereocenters. The third-order valence-corrected chi connectivity index (χ3v) is 3.79. The van der Waals surface area contributed by atoms with Crippen LogP contribution in [0.5, 0.6) is 5.75 Å². The Bertz CT molecular complexity index is 857. The standard InChI is InChI=1S/C19H17F2NO3/c1-24-17-7-5-13(9-12(17)11-23)22-10-14-6-8-18(25-14)19-15(20)3-2-4-16(19)21/h2-9,22-23H,10-11H2,1H3. The summed E-state index contributed by atoms with van der Waals surface area (Å²) in [5.74, 6) is -0.0752. The van der Waals surface area contributed by atoms with Gasteiger partial charge < -0.3 is 19.6 Å². The van der Waals surface area contributed by atoms with Crippen LogP contribution < -0.4 is 10.1 Å². The number of rotatable bonds is 6. The van der Waals surface area contributed by atoms with Crippen molar-refractivity contribution in [3.8, 4) is 17.1 Å². The Morgan fingerprint density at radius 3 is 2.52 bits per heavy atom. The number of hydrogen-bond acceptors (Lipinski definition) is 4. The second-order valence-corrected chi connectivity index (χ2v) is 5.40. The zero-order chi connectivity index (χ0) is 17.8. The zero-order valence-corrected chi connectivity index (χ0v) is 13.6. The maximum atomic E-state index is 13.8. The molecule has 2 aromatic carbocycles. The summed E-state index contributed by atoms with van der Waals surface area (Å²) in [6, 6.07) is 12.2. The first-order chi connectivity index (χ1) is 12.1. The number of aliphatic hydroxyl groups excluding tert-OH is 1. The summed E-state index contributed by atoms with van der Waals surface area (Å²) < 4.78 is 38.3. The minimum absolute atomic E-state index is 0.137. The summed E-state index contributed by atoms with van der Waals surface area (Å²) in [5.41, 5.74) is 1.24. The molecule has 0 aliphatic heterocycles. The molecule has 0 bridgehead atoms. The highest BCUT2D eigenvalue weighted by molar-refractivity contribution is 5.59. The number of anilines is 1. The van der Waals surface area contributed by atoms with Crippen LogP contribution in [0.3, 0.4) is 0 Å². The van der Waals surface area contributed by atoms with E-state index in [9.17, 15) is 13.9 Å². The van der Waals surface area contributed by atoms with Crippen molar-refractivity contribution in [3.63, 3.8) is 0 Å². The maximum Gasteiger partial charge on any atom is 0.140 e. The van der Waals surface area contributed by atoms with Gasteiger partial charge in [-0.3, -0.25) is 0 Å². The smallest absolute Gasteiger partial charge is 0.140 e. The number of furan rings is 1. The van der Waals surface area contributed by atoms with Crippen molar-refractivity contribution in [2.24, 2.45) is 0 Å². The van der Waals surface area contributed by atoms with Crippen molar-refractivity contribution < 1.29 is 23.0 Å². The summed E-state index contributed by atoms with van der Waals surface area (Å²) in [7, 11) is 1.54. The number of nitrogens with one attached hydrogen (secondary N) is 1. The molecule has 0 radical (unpaired) electrons. The minimum atomic E-state index is -0.670. The van der Waals surface area contributed by atoms with Crippen LogP contribution in [0.4, 0.5) is 14.5 Å². The molecule has 1 aromatic heterocycles. The molecule has 0 spiro atoms. The fourth-order valence-electron chi connectivity index (χ4n) is 2.54. The van der Waals surface area contributed by atoms with Crippen LogP contribution in [0, 0.1) is 11.6 Å². The van der Waals surface area contributed by atoms with E-state index in [-0.39, 0.29) is 17.9 Å². The largest absolute Gasteiger partial charge is 0.496 e. The summed E-state index contributed by atoms with van der Waals surface area (Å²) in [6.45, 7) is 0.184. The van der Waals surface area contributed by atoms with Gasteiger partial charge in [0.25, 0.3) is 0 Å². The van der Waals surface area contributed by atoms with Crippen LogP contribution in [-0.2, 0) is 13.2 Å². The molecule has 1 heterocycles. The summed E-state index contributed by atoms with van der Waals surface area (Å²) in [6.07, 6.45) is 0. The number of methoxy groups -OCH3 is 1. The number of aliphatic hydroxyl groups is 1. The van der Waals surface area contributed by atoms with Gasteiger partial charge in [-0.05, 0) is 42.5 Å². The SMILES string of the molecule is COc1ccc(NCc2ccc(-c3c(F)cccc3F)o2)cc1CO. The Morgan fingerprint density at radius 1 is 1.08 bits per heavy atom. The molecule has 0 atom stereocenters. The Balaban J connectivity index is 1.74. The predicted molar refractivity (Wildman–Crippen MR) is 90.3 cm³/mol. The predicted octanol–water partition coefficient (Wildman–Crippen LogP) is 4.34. The quantitative estimate of drug-likeness (QED) is 0.698. The van der Waals surface area contributed by atoms with E-state index in [2.05, 4.69) is 5.32 Å². The molecule has 0 amide bonds. The second kappa shape index (κ2) is 7.36. The average Bonchev–Trinajstić information content (AvgIpc) is 3.08. The van der Waals surface area contributed by atoms with Gasteiger partial charge in [0, 0.05) is 11.3 Å². The molecule has 130 valence electrons. The lowest BCUT2D eigenvalue weighted by Crippen LogP contribution is -2.00. The van der Waals surface area contributed by atoms with Crippen LogP contribution in [-0.4, -0.2) is 12.2 Å². The molecule has 0 saturated heterocycles. The lowest BCUT2D eigenvalue weighted by molar-refractivity contribution is 0.274. The average molecular weight is 345 g/mol. The number of ether oxygens (including phenoxy) is 1. The molecule has 3 rings (SSSR count). The van der Waals surface area contributed by atoms with E-state index < -0.39 is 11.6 Å². The third kappa shape index (κ3) is 3.64. The molecule has 0 aliphatic carbocycles. The van der Waals surface area contributed by atoms with Crippen molar-refractivity contribution in [3.05, 3.63) is 71.5 Å². The fraction of sp³-hybridized carbons (Fsp3) is 0.158. The fourth-order valence-corrected chi connectivity index (χ4v) is 2.54. The van der Waals surface area contributed by atoms with Gasteiger partial charge in [-0.15, -0.1) is 0 Å². The van der Waals surface area contributed by atoms with Crippen LogP contribution in [0.25, 0.3) is 11.3 Å². The third-order valence-electron chi connectivity index (χ3n) is 3.79. The highest BCUT2D eigenvalue weighted by Crippen LogP contribution is 2.28. The van der Waals surface area contributed by atoms with E-state index >= 15 is 0 Å². The van der Waals surface area contributed by atoms with Crippen LogP contribution in [0.15, 0.2) is 52.9 Å². The Hall–Kier alpha value is -2.86. The molecular formula is C19H17F2NO3. The molecule has 0 fully saturated rings. The van der Waals surface area contributed by atoms with Gasteiger partial charge in [-0.1, -0.05) is 6.07 Å². The van der Waals surface area contributed by atoms with Gasteiger partial charge in [0.15, 0.2) is 0 Å². The molecule has 6 heteroatoms. The zero-order valence-electron chi connectivity index (χ0n) is 13.6. The number of hydrogen-bond donors (Lipinski definition) is 2. The van der Waals surface area contributed by atoms with Crippen molar-refractivity contribution in [2.45, 2.75) is 13.2 Å². The van der Waals surface area contributed by atoms with E-state index in [4.69, 9.17) is 9.15 Å². The summed E-state index contributed by atoms with van der Waals surface area (Å²) in [4.78, 5) is 0. The van der Waals surface area contributed by atoms with E-state index in [0.717, 1.165) is 5.69 Å². The van der Waals surface area contributed by atoms with E-state index in [1.54, 1.807) is 24.3 Å². The summed E-state index contributed by atoms with van der Waals surface area (Å²) in [5, 5.41) is 12.5. The first kappa shape index (κ1) is 17.0. The highest BCUT2D eigenvalue weighted by atomic mass is 19.1. The van der Waals surface area contributed by atoms with Crippen LogP contribution >= 0.6 is 0 Å². The first-order valence-electron chi connectivity index (χ1n) is 7.67. The Labute approximate surface area is 143 Å². The highest BCUT2D eigenvalue weighted by Gasteiger charge is 2.14. The van der Waals surface area contributed by atoms with Gasteiger partial charge >= 0.3 is 0 Å². The van der Waals surface area contributed by atoms with Crippen molar-refractivity contribution in [2.75, 3.05) is 12.4 Å². The topological polar surface area (TPSA) is 54.6 Å². The van der Waals surface area contributed by atoms with Crippen LogP contribution in [0.2, 0.25) is 0 Å². The molecule has 2 N–H and O–H groups in total. The first-order valence-corrected chi connectivity index (χ1v) is 7.67. The van der Waals surface area contributed by atoms with Gasteiger partial charge in [-0.25, -0.2) is 8.78 Å². The van der Waals surface area contributed by atoms with E-state index in [1.807, 2.05) is 0 Å². The van der Waals surface area contributed by atoms with Gasteiger partial charge in [0.1, 0.15) is 28.9 Å². The van der Waals surface area contributed by atoms with Gasteiger partial charge in [0.2, 0.25) is 0 Å². The molecule has 25 heavy (non-hydrogen) atoms. The lowest BCUT2D eigenvalue weighted by Gasteiger charge is -2.10. The monoisotopic (exact) mass is 345 g/mol. The molecular weight excluding hydrogens is 328 g/mol. The maximum absolute atomic E-state index is 13.8. The van der Waals surface area contributed by atoms with Crippen molar-refractivity contribution in [1.29, 1.82) is 0 Å². The normalized spacial score (nSPS) is 10.7. The number of halogens is 2. The van der Waals surface area contributed by atoms with Crippen molar-refractivity contribution in [1.82, 2.24) is 0 Å². The van der Waals surface area contributed by atoms with E-state index in [0.29, 0.717) is 23.6 Å². The van der Waals surface area contributed by atoms with Gasteiger partial charge in [0.05, 0.1) is 25.8 Å². The Morgan fingerprint density at radius 2 is 1.84 bits per heavy atom. The summed E-state index contributed by atoms with van der Waals surface area (Å²) >= 11 is 0. The van der Waals surface area contributed by atoms with Crippen molar-refractivity contribution >= 4 is 5.69 Å². The second-order valence-electron chi connectivity index (χ2n) is 5.40. The molecule has 4 nitrogen and oxygen atoms in total. The molecule has 3 aromatic rings. The lowest BCUT2D eigenvalue weighted by atomic mass is 10.1. The van der Waals surface area contributed by atoms with Crippen LogP contribution in [0.1, 0.15) is 11.3 Å². The van der Waals surface area contributed by atoms with Gasteiger partial charge in [-0.2, -0.15) is 0 Å². The number of benzene rings is 2. The molecule has 0 aliphatic rings.